The molecule has 1 aromatic rings. The van der Waals surface area contributed by atoms with Crippen molar-refractivity contribution in [2.45, 2.75) is 19.9 Å². The Morgan fingerprint density at radius 3 is 2.78 bits per heavy atom. The summed E-state index contributed by atoms with van der Waals surface area (Å²) in [5, 5.41) is 0. The molecule has 1 aromatic heterocycles. The lowest BCUT2D eigenvalue weighted by atomic mass is 9.90. The van der Waals surface area contributed by atoms with Gasteiger partial charge in [-0.15, -0.1) is 12.4 Å². The van der Waals surface area contributed by atoms with E-state index in [1.54, 1.807) is 0 Å². The molecule has 0 amide bonds. The fraction of sp³-hybridized carbons (Fsp3) is 0.583. The maximum absolute atomic E-state index is 5.82. The second-order valence-corrected chi connectivity index (χ2v) is 6.83. The third-order valence-electron chi connectivity index (χ3n) is 3.39. The molecule has 1 unspecified atom stereocenters. The van der Waals surface area contributed by atoms with E-state index in [2.05, 4.69) is 48.7 Å². The molecule has 1 atom stereocenters. The lowest BCUT2D eigenvalue weighted by molar-refractivity contribution is 0.271. The summed E-state index contributed by atoms with van der Waals surface area (Å²) in [6.45, 7) is 6.09. The van der Waals surface area contributed by atoms with E-state index in [-0.39, 0.29) is 17.8 Å². The fourth-order valence-electron chi connectivity index (χ4n) is 2.20. The first-order valence-electron chi connectivity index (χ1n) is 5.75. The van der Waals surface area contributed by atoms with Crippen LogP contribution in [0.3, 0.4) is 0 Å². The first-order chi connectivity index (χ1) is 8.02. The van der Waals surface area contributed by atoms with Crippen LogP contribution in [0.5, 0.6) is 0 Å². The SMILES string of the molecule is CC1(CN)CCN(Cc2ncc(Br)cc2Br)C1.Cl. The molecule has 0 saturated carbocycles. The number of halogens is 3. The van der Waals surface area contributed by atoms with Crippen molar-refractivity contribution in [2.75, 3.05) is 19.6 Å². The van der Waals surface area contributed by atoms with Crippen LogP contribution in [0.25, 0.3) is 0 Å². The lowest BCUT2D eigenvalue weighted by Gasteiger charge is -2.22. The highest BCUT2D eigenvalue weighted by Gasteiger charge is 2.32. The van der Waals surface area contributed by atoms with Crippen LogP contribution < -0.4 is 5.73 Å². The predicted octanol–water partition coefficient (Wildman–Crippen LogP) is 3.20. The Bertz CT molecular complexity index is 416. The smallest absolute Gasteiger partial charge is 0.0686 e. The Morgan fingerprint density at radius 1 is 1.50 bits per heavy atom. The molecule has 2 N–H and O–H groups in total. The molecule has 0 spiro atoms. The van der Waals surface area contributed by atoms with Gasteiger partial charge in [0.25, 0.3) is 0 Å². The Morgan fingerprint density at radius 2 is 2.22 bits per heavy atom. The van der Waals surface area contributed by atoms with Gasteiger partial charge in [0.05, 0.1) is 5.69 Å². The molecule has 0 radical (unpaired) electrons. The number of hydrogen-bond acceptors (Lipinski definition) is 3. The third-order valence-corrected chi connectivity index (χ3v) is 4.51. The van der Waals surface area contributed by atoms with Crippen LogP contribution in [-0.2, 0) is 6.54 Å². The molecule has 0 aliphatic carbocycles. The molecule has 0 bridgehead atoms. The van der Waals surface area contributed by atoms with Crippen LogP contribution >= 0.6 is 44.3 Å². The second kappa shape index (κ2) is 6.66. The molecule has 102 valence electrons. The van der Waals surface area contributed by atoms with Crippen LogP contribution in [-0.4, -0.2) is 29.5 Å². The predicted molar refractivity (Wildman–Crippen MR) is 83.9 cm³/mol. The van der Waals surface area contributed by atoms with Crippen molar-refractivity contribution in [1.82, 2.24) is 9.88 Å². The van der Waals surface area contributed by atoms with Crippen LogP contribution in [0, 0.1) is 5.41 Å². The van der Waals surface area contributed by atoms with E-state index in [1.807, 2.05) is 12.3 Å². The van der Waals surface area contributed by atoms with Crippen molar-refractivity contribution in [3.63, 3.8) is 0 Å². The molecule has 2 rings (SSSR count). The summed E-state index contributed by atoms with van der Waals surface area (Å²) in [6, 6.07) is 2.04. The monoisotopic (exact) mass is 397 g/mol. The molecule has 2 heterocycles. The number of hydrogen-bond donors (Lipinski definition) is 1. The number of aromatic nitrogens is 1. The van der Waals surface area contributed by atoms with Gasteiger partial charge in [-0.25, -0.2) is 0 Å². The number of nitrogens with two attached hydrogens (primary N) is 1. The van der Waals surface area contributed by atoms with Crippen molar-refractivity contribution in [1.29, 1.82) is 0 Å². The molecule has 1 saturated heterocycles. The highest BCUT2D eigenvalue weighted by Crippen LogP contribution is 2.30. The average Bonchev–Trinajstić information content (AvgIpc) is 2.66. The Hall–Kier alpha value is 0.320. The zero-order valence-corrected chi connectivity index (χ0v) is 14.3. The molecule has 18 heavy (non-hydrogen) atoms. The summed E-state index contributed by atoms with van der Waals surface area (Å²) in [5.41, 5.74) is 7.19. The third kappa shape index (κ3) is 3.90. The molecule has 0 aromatic carbocycles. The highest BCUT2D eigenvalue weighted by atomic mass is 79.9. The summed E-state index contributed by atoms with van der Waals surface area (Å²) in [7, 11) is 0. The van der Waals surface area contributed by atoms with Crippen LogP contribution in [0.2, 0.25) is 0 Å². The number of rotatable bonds is 3. The van der Waals surface area contributed by atoms with Crippen LogP contribution in [0.4, 0.5) is 0 Å². The molecule has 3 nitrogen and oxygen atoms in total. The van der Waals surface area contributed by atoms with Gasteiger partial charge in [-0.1, -0.05) is 6.92 Å². The van der Waals surface area contributed by atoms with E-state index in [0.717, 1.165) is 40.8 Å². The summed E-state index contributed by atoms with van der Waals surface area (Å²) in [6.07, 6.45) is 3.02. The maximum atomic E-state index is 5.82. The van der Waals surface area contributed by atoms with E-state index in [4.69, 9.17) is 5.73 Å². The topological polar surface area (TPSA) is 42.1 Å². The van der Waals surface area contributed by atoms with Gasteiger partial charge < -0.3 is 5.73 Å². The molecular weight excluding hydrogens is 381 g/mol. The summed E-state index contributed by atoms with van der Waals surface area (Å²) in [5.74, 6) is 0. The normalized spacial score (nSPS) is 24.0. The first kappa shape index (κ1) is 16.4. The zero-order chi connectivity index (χ0) is 12.5. The largest absolute Gasteiger partial charge is 0.330 e. The molecule has 1 aliphatic rings. The van der Waals surface area contributed by atoms with E-state index in [0.29, 0.717) is 0 Å². The standard InChI is InChI=1S/C12H17Br2N3.ClH/c1-12(7-15)2-3-17(8-12)6-11-10(14)4-9(13)5-16-11;/h4-5H,2-3,6-8,15H2,1H3;1H. The molecule has 1 fully saturated rings. The van der Waals surface area contributed by atoms with Gasteiger partial charge in [0.15, 0.2) is 0 Å². The summed E-state index contributed by atoms with van der Waals surface area (Å²) in [4.78, 5) is 6.87. The van der Waals surface area contributed by atoms with Crippen molar-refractivity contribution in [3.8, 4) is 0 Å². The summed E-state index contributed by atoms with van der Waals surface area (Å²) >= 11 is 6.97. The van der Waals surface area contributed by atoms with Gasteiger partial charge in [-0.3, -0.25) is 9.88 Å². The first-order valence-corrected chi connectivity index (χ1v) is 7.33. The van der Waals surface area contributed by atoms with Gasteiger partial charge in [-0.2, -0.15) is 0 Å². The van der Waals surface area contributed by atoms with Gasteiger partial charge in [-0.05, 0) is 62.9 Å². The molecule has 1 aliphatic heterocycles. The van der Waals surface area contributed by atoms with E-state index >= 15 is 0 Å². The maximum Gasteiger partial charge on any atom is 0.0686 e. The molecule has 6 heteroatoms. The molecular formula is C12H18Br2ClN3. The van der Waals surface area contributed by atoms with E-state index < -0.39 is 0 Å². The summed E-state index contributed by atoms with van der Waals surface area (Å²) < 4.78 is 2.06. The van der Waals surface area contributed by atoms with Crippen molar-refractivity contribution >= 4 is 44.3 Å². The van der Waals surface area contributed by atoms with Gasteiger partial charge in [0.1, 0.15) is 0 Å². The minimum Gasteiger partial charge on any atom is -0.330 e. The minimum absolute atomic E-state index is 0. The highest BCUT2D eigenvalue weighted by molar-refractivity contribution is 9.11. The fourth-order valence-corrected chi connectivity index (χ4v) is 3.31. The van der Waals surface area contributed by atoms with Crippen LogP contribution in [0.1, 0.15) is 19.0 Å². The second-order valence-electron chi connectivity index (χ2n) is 5.06. The quantitative estimate of drug-likeness (QED) is 0.849. The zero-order valence-electron chi connectivity index (χ0n) is 10.3. The Balaban J connectivity index is 0.00000162. The van der Waals surface area contributed by atoms with Gasteiger partial charge >= 0.3 is 0 Å². The number of likely N-dealkylation sites (tertiary alicyclic amines) is 1. The number of pyridine rings is 1. The average molecular weight is 400 g/mol. The van der Waals surface area contributed by atoms with Crippen LogP contribution in [0.15, 0.2) is 21.2 Å². The minimum atomic E-state index is 0. The Labute approximate surface area is 131 Å². The van der Waals surface area contributed by atoms with Crippen molar-refractivity contribution in [3.05, 3.63) is 26.9 Å². The van der Waals surface area contributed by atoms with E-state index in [1.165, 1.54) is 6.42 Å². The van der Waals surface area contributed by atoms with Gasteiger partial charge in [0, 0.05) is 28.2 Å². The lowest BCUT2D eigenvalue weighted by Crippen LogP contribution is -2.31. The number of nitrogens with zero attached hydrogens (tertiary/aromatic N) is 2. The van der Waals surface area contributed by atoms with E-state index in [9.17, 15) is 0 Å². The Kier molecular flexibility index (Phi) is 6.06. The van der Waals surface area contributed by atoms with Crippen molar-refractivity contribution in [2.24, 2.45) is 11.1 Å². The van der Waals surface area contributed by atoms with Gasteiger partial charge in [0.2, 0.25) is 0 Å². The van der Waals surface area contributed by atoms with Crippen molar-refractivity contribution < 1.29 is 0 Å².